The quantitative estimate of drug-likeness (QED) is 0.700. The fourth-order valence-electron chi connectivity index (χ4n) is 1.30. The van der Waals surface area contributed by atoms with Gasteiger partial charge in [0.25, 0.3) is 11.8 Å². The van der Waals surface area contributed by atoms with Crippen molar-refractivity contribution >= 4 is 17.8 Å². The number of rotatable bonds is 6. The highest BCUT2D eigenvalue weighted by atomic mass is 16.7. The van der Waals surface area contributed by atoms with E-state index in [0.717, 1.165) is 0 Å². The zero-order valence-electron chi connectivity index (χ0n) is 10.3. The molecule has 0 aliphatic carbocycles. The van der Waals surface area contributed by atoms with E-state index in [0.29, 0.717) is 5.56 Å². The van der Waals surface area contributed by atoms with Crippen molar-refractivity contribution in [1.82, 2.24) is 10.4 Å². The average molecular weight is 266 g/mol. The Labute approximate surface area is 109 Å². The number of hydroxylamine groups is 1. The fraction of sp³-hybridized carbons (Fsp3) is 0.250. The third-order valence-electron chi connectivity index (χ3n) is 2.13. The van der Waals surface area contributed by atoms with Gasteiger partial charge in [0.1, 0.15) is 6.54 Å². The van der Waals surface area contributed by atoms with Gasteiger partial charge in [-0.2, -0.15) is 0 Å². The van der Waals surface area contributed by atoms with Crippen LogP contribution in [0.3, 0.4) is 0 Å². The molecule has 0 aromatic heterocycles. The number of carboxylic acid groups (broad SMARTS) is 1. The standard InChI is InChI=1S/C12H14N2O5/c1-14(7-10(15)13-19-8-11(16)17)12(18)9-5-3-2-4-6-9/h2-6H,7-8H2,1H3,(H,13,15)(H,16,17). The van der Waals surface area contributed by atoms with Gasteiger partial charge >= 0.3 is 5.97 Å². The highest BCUT2D eigenvalue weighted by molar-refractivity contribution is 5.96. The molecule has 0 heterocycles. The summed E-state index contributed by atoms with van der Waals surface area (Å²) in [6, 6.07) is 8.49. The Morgan fingerprint density at radius 3 is 2.47 bits per heavy atom. The SMILES string of the molecule is CN(CC(=O)NOCC(=O)O)C(=O)c1ccccc1. The van der Waals surface area contributed by atoms with E-state index < -0.39 is 18.5 Å². The van der Waals surface area contributed by atoms with Gasteiger partial charge in [-0.1, -0.05) is 18.2 Å². The number of benzene rings is 1. The lowest BCUT2D eigenvalue weighted by Crippen LogP contribution is -2.38. The normalized spacial score (nSPS) is 9.74. The fourth-order valence-corrected chi connectivity index (χ4v) is 1.30. The molecule has 2 amide bonds. The Kier molecular flexibility index (Phi) is 5.49. The smallest absolute Gasteiger partial charge is 0.332 e. The van der Waals surface area contributed by atoms with Gasteiger partial charge in [-0.3, -0.25) is 14.4 Å². The van der Waals surface area contributed by atoms with Crippen LogP contribution in [0.25, 0.3) is 0 Å². The van der Waals surface area contributed by atoms with Gasteiger partial charge in [0, 0.05) is 12.6 Å². The van der Waals surface area contributed by atoms with Gasteiger partial charge in [0.2, 0.25) is 0 Å². The molecular weight excluding hydrogens is 252 g/mol. The first-order valence-corrected chi connectivity index (χ1v) is 5.43. The number of nitrogens with one attached hydrogen (secondary N) is 1. The number of carbonyl (C=O) groups is 3. The Hall–Kier alpha value is -2.41. The molecule has 0 bridgehead atoms. The summed E-state index contributed by atoms with van der Waals surface area (Å²) in [5.41, 5.74) is 2.40. The number of carbonyl (C=O) groups excluding carboxylic acids is 2. The van der Waals surface area contributed by atoms with Gasteiger partial charge in [0.15, 0.2) is 6.61 Å². The van der Waals surface area contributed by atoms with Gasteiger partial charge in [-0.25, -0.2) is 10.3 Å². The van der Waals surface area contributed by atoms with Crippen molar-refractivity contribution < 1.29 is 24.3 Å². The first kappa shape index (κ1) is 14.7. The largest absolute Gasteiger partial charge is 0.479 e. The summed E-state index contributed by atoms with van der Waals surface area (Å²) < 4.78 is 0. The zero-order chi connectivity index (χ0) is 14.3. The maximum absolute atomic E-state index is 11.9. The van der Waals surface area contributed by atoms with Crippen LogP contribution in [0.2, 0.25) is 0 Å². The summed E-state index contributed by atoms with van der Waals surface area (Å²) in [6.07, 6.45) is 0. The van der Waals surface area contributed by atoms with Crippen molar-refractivity contribution in [1.29, 1.82) is 0 Å². The minimum absolute atomic E-state index is 0.229. The van der Waals surface area contributed by atoms with E-state index in [-0.39, 0.29) is 12.5 Å². The molecule has 1 aromatic carbocycles. The van der Waals surface area contributed by atoms with Crippen LogP contribution < -0.4 is 5.48 Å². The summed E-state index contributed by atoms with van der Waals surface area (Å²) in [5.74, 6) is -2.11. The second-order valence-electron chi connectivity index (χ2n) is 3.73. The molecule has 7 heteroatoms. The summed E-state index contributed by atoms with van der Waals surface area (Å²) in [7, 11) is 1.46. The van der Waals surface area contributed by atoms with Crippen LogP contribution in [0.15, 0.2) is 30.3 Å². The Balaban J connectivity index is 2.42. The monoisotopic (exact) mass is 266 g/mol. The number of carboxylic acids is 1. The van der Waals surface area contributed by atoms with Crippen molar-refractivity contribution in [2.45, 2.75) is 0 Å². The molecule has 2 N–H and O–H groups in total. The first-order chi connectivity index (χ1) is 9.00. The predicted molar refractivity (Wildman–Crippen MR) is 65.1 cm³/mol. The van der Waals surface area contributed by atoms with Crippen LogP contribution in [-0.2, 0) is 14.4 Å². The molecule has 0 saturated heterocycles. The minimum Gasteiger partial charge on any atom is -0.479 e. The lowest BCUT2D eigenvalue weighted by molar-refractivity contribution is -0.149. The second-order valence-corrected chi connectivity index (χ2v) is 3.73. The van der Waals surface area contributed by atoms with Gasteiger partial charge in [-0.15, -0.1) is 0 Å². The maximum atomic E-state index is 11.9. The molecule has 1 rings (SSSR count). The Morgan fingerprint density at radius 1 is 1.26 bits per heavy atom. The number of amides is 2. The molecule has 0 saturated carbocycles. The number of hydrogen-bond acceptors (Lipinski definition) is 4. The van der Waals surface area contributed by atoms with Gasteiger partial charge in [-0.05, 0) is 12.1 Å². The van der Waals surface area contributed by atoms with Crippen molar-refractivity contribution in [3.8, 4) is 0 Å². The van der Waals surface area contributed by atoms with Gasteiger partial charge in [0.05, 0.1) is 0 Å². The lowest BCUT2D eigenvalue weighted by atomic mass is 10.2. The maximum Gasteiger partial charge on any atom is 0.332 e. The van der Waals surface area contributed by atoms with E-state index in [1.165, 1.54) is 11.9 Å². The molecule has 0 fully saturated rings. The van der Waals surface area contributed by atoms with E-state index in [1.807, 2.05) is 5.48 Å². The molecule has 102 valence electrons. The summed E-state index contributed by atoms with van der Waals surface area (Å²) in [6.45, 7) is -0.866. The van der Waals surface area contributed by atoms with E-state index in [1.54, 1.807) is 30.3 Å². The summed E-state index contributed by atoms with van der Waals surface area (Å²) in [4.78, 5) is 39.0. The van der Waals surface area contributed by atoms with Crippen LogP contribution in [0.5, 0.6) is 0 Å². The molecule has 0 aliphatic heterocycles. The van der Waals surface area contributed by atoms with Gasteiger partial charge < -0.3 is 10.0 Å². The first-order valence-electron chi connectivity index (χ1n) is 5.43. The van der Waals surface area contributed by atoms with E-state index >= 15 is 0 Å². The summed E-state index contributed by atoms with van der Waals surface area (Å²) >= 11 is 0. The molecule has 7 nitrogen and oxygen atoms in total. The highest BCUT2D eigenvalue weighted by Gasteiger charge is 2.14. The van der Waals surface area contributed by atoms with Crippen molar-refractivity contribution in [2.75, 3.05) is 20.2 Å². The summed E-state index contributed by atoms with van der Waals surface area (Å²) in [5, 5.41) is 8.30. The number of nitrogens with zero attached hydrogens (tertiary/aromatic N) is 1. The van der Waals surface area contributed by atoms with Crippen LogP contribution >= 0.6 is 0 Å². The molecule has 0 spiro atoms. The topological polar surface area (TPSA) is 95.9 Å². The Morgan fingerprint density at radius 2 is 1.89 bits per heavy atom. The third-order valence-corrected chi connectivity index (χ3v) is 2.13. The predicted octanol–water partition coefficient (Wildman–Crippen LogP) is -0.109. The number of aliphatic carboxylic acids is 1. The average Bonchev–Trinajstić information content (AvgIpc) is 2.38. The van der Waals surface area contributed by atoms with Crippen molar-refractivity contribution in [3.05, 3.63) is 35.9 Å². The molecular formula is C12H14N2O5. The van der Waals surface area contributed by atoms with E-state index in [2.05, 4.69) is 4.84 Å². The van der Waals surface area contributed by atoms with Crippen LogP contribution in [0.1, 0.15) is 10.4 Å². The zero-order valence-corrected chi connectivity index (χ0v) is 10.3. The number of hydrogen-bond donors (Lipinski definition) is 2. The van der Waals surface area contributed by atoms with E-state index in [9.17, 15) is 14.4 Å². The van der Waals surface area contributed by atoms with Crippen LogP contribution in [0, 0.1) is 0 Å². The molecule has 0 aliphatic rings. The molecule has 0 radical (unpaired) electrons. The molecule has 0 atom stereocenters. The molecule has 19 heavy (non-hydrogen) atoms. The molecule has 1 aromatic rings. The minimum atomic E-state index is -1.20. The second kappa shape index (κ2) is 7.12. The van der Waals surface area contributed by atoms with Crippen LogP contribution in [-0.4, -0.2) is 48.0 Å². The third kappa shape index (κ3) is 5.17. The van der Waals surface area contributed by atoms with E-state index in [4.69, 9.17) is 5.11 Å². The van der Waals surface area contributed by atoms with Crippen molar-refractivity contribution in [3.63, 3.8) is 0 Å². The number of likely N-dealkylation sites (N-methyl/N-ethyl adjacent to an activating group) is 1. The lowest BCUT2D eigenvalue weighted by Gasteiger charge is -2.16. The molecule has 0 unspecified atom stereocenters. The Bertz CT molecular complexity index is 460. The van der Waals surface area contributed by atoms with Crippen LogP contribution in [0.4, 0.5) is 0 Å². The van der Waals surface area contributed by atoms with Crippen molar-refractivity contribution in [2.24, 2.45) is 0 Å². The highest BCUT2D eigenvalue weighted by Crippen LogP contribution is 2.02.